The van der Waals surface area contributed by atoms with E-state index in [1.165, 1.54) is 32.0 Å². The number of nitrogens with zero attached hydrogens (tertiary/aromatic N) is 2. The molecular formula is C13H22N4O. The molecule has 5 heteroatoms. The third kappa shape index (κ3) is 3.03. The molecule has 1 aromatic rings. The number of nitrogens with two attached hydrogens (primary N) is 1. The van der Waals surface area contributed by atoms with Gasteiger partial charge in [-0.15, -0.1) is 0 Å². The molecule has 1 aliphatic rings. The lowest BCUT2D eigenvalue weighted by Gasteiger charge is -2.26. The van der Waals surface area contributed by atoms with E-state index >= 15 is 0 Å². The van der Waals surface area contributed by atoms with Gasteiger partial charge in [-0.25, -0.2) is 9.97 Å². The fourth-order valence-electron chi connectivity index (χ4n) is 2.49. The summed E-state index contributed by atoms with van der Waals surface area (Å²) in [6.07, 6.45) is 6.70. The number of anilines is 2. The fraction of sp³-hybridized carbons (Fsp3) is 0.692. The molecule has 0 aromatic carbocycles. The summed E-state index contributed by atoms with van der Waals surface area (Å²) in [5.41, 5.74) is 5.74. The van der Waals surface area contributed by atoms with Gasteiger partial charge in [-0.3, -0.25) is 0 Å². The Hall–Kier alpha value is -1.52. The number of hydrogen-bond donors (Lipinski definition) is 2. The summed E-state index contributed by atoms with van der Waals surface area (Å²) in [6, 6.07) is 0. The second kappa shape index (κ2) is 5.89. The van der Waals surface area contributed by atoms with Crippen molar-refractivity contribution < 1.29 is 4.74 Å². The molecule has 0 spiro atoms. The van der Waals surface area contributed by atoms with Crippen LogP contribution in [-0.2, 0) is 0 Å². The summed E-state index contributed by atoms with van der Waals surface area (Å²) >= 11 is 0. The van der Waals surface area contributed by atoms with Crippen molar-refractivity contribution in [2.24, 2.45) is 11.8 Å². The normalized spacial score (nSPS) is 23.7. The quantitative estimate of drug-likeness (QED) is 0.857. The van der Waals surface area contributed by atoms with Crippen molar-refractivity contribution in [2.45, 2.75) is 32.6 Å². The Morgan fingerprint density at radius 2 is 2.06 bits per heavy atom. The smallest absolute Gasteiger partial charge is 0.203 e. The molecule has 0 radical (unpaired) electrons. The lowest BCUT2D eigenvalue weighted by atomic mass is 9.83. The molecule has 1 saturated carbocycles. The van der Waals surface area contributed by atoms with E-state index in [9.17, 15) is 0 Å². The fourth-order valence-corrected chi connectivity index (χ4v) is 2.49. The first-order valence-electron chi connectivity index (χ1n) is 6.59. The van der Waals surface area contributed by atoms with E-state index in [4.69, 9.17) is 10.5 Å². The number of ether oxygens (including phenoxy) is 1. The van der Waals surface area contributed by atoms with Gasteiger partial charge >= 0.3 is 0 Å². The van der Waals surface area contributed by atoms with Crippen LogP contribution in [0.15, 0.2) is 6.33 Å². The predicted molar refractivity (Wildman–Crippen MR) is 72.6 cm³/mol. The van der Waals surface area contributed by atoms with Gasteiger partial charge in [-0.1, -0.05) is 19.8 Å². The molecule has 1 aromatic heterocycles. The monoisotopic (exact) mass is 250 g/mol. The first-order chi connectivity index (χ1) is 8.70. The molecule has 100 valence electrons. The minimum absolute atomic E-state index is 0.382. The summed E-state index contributed by atoms with van der Waals surface area (Å²) in [5.74, 6) is 3.23. The number of nitrogens with one attached hydrogen (secondary N) is 1. The standard InChI is InChI=1S/C13H22N4O/c1-9-3-5-10(6-4-9)7-15-13-11(18-2)12(14)16-8-17-13/h8-10H,3-7H2,1-2H3,(H3,14,15,16,17). The highest BCUT2D eigenvalue weighted by atomic mass is 16.5. The highest BCUT2D eigenvalue weighted by molar-refractivity contribution is 5.61. The molecular weight excluding hydrogens is 228 g/mol. The van der Waals surface area contributed by atoms with Gasteiger partial charge in [0.1, 0.15) is 6.33 Å². The lowest BCUT2D eigenvalue weighted by Crippen LogP contribution is -2.21. The summed E-state index contributed by atoms with van der Waals surface area (Å²) in [7, 11) is 1.59. The largest absolute Gasteiger partial charge is 0.490 e. The minimum Gasteiger partial charge on any atom is -0.490 e. The number of methoxy groups -OCH3 is 1. The zero-order chi connectivity index (χ0) is 13.0. The second-order valence-electron chi connectivity index (χ2n) is 5.15. The van der Waals surface area contributed by atoms with Crippen molar-refractivity contribution in [1.29, 1.82) is 0 Å². The van der Waals surface area contributed by atoms with Gasteiger partial charge in [-0.05, 0) is 24.7 Å². The molecule has 18 heavy (non-hydrogen) atoms. The lowest BCUT2D eigenvalue weighted by molar-refractivity contribution is 0.300. The average molecular weight is 250 g/mol. The zero-order valence-corrected chi connectivity index (χ0v) is 11.1. The number of hydrogen-bond acceptors (Lipinski definition) is 5. The van der Waals surface area contributed by atoms with E-state index in [-0.39, 0.29) is 0 Å². The van der Waals surface area contributed by atoms with Crippen LogP contribution in [0, 0.1) is 11.8 Å². The van der Waals surface area contributed by atoms with Gasteiger partial charge in [0.25, 0.3) is 0 Å². The maximum absolute atomic E-state index is 5.74. The van der Waals surface area contributed by atoms with Crippen LogP contribution in [0.3, 0.4) is 0 Å². The van der Waals surface area contributed by atoms with Crippen LogP contribution in [0.5, 0.6) is 5.75 Å². The molecule has 0 bridgehead atoms. The summed E-state index contributed by atoms with van der Waals surface area (Å²) in [6.45, 7) is 3.26. The van der Waals surface area contributed by atoms with Crippen molar-refractivity contribution in [1.82, 2.24) is 9.97 Å². The Kier molecular flexibility index (Phi) is 4.23. The Balaban J connectivity index is 1.92. The summed E-state index contributed by atoms with van der Waals surface area (Å²) < 4.78 is 5.22. The predicted octanol–water partition coefficient (Wildman–Crippen LogP) is 2.31. The molecule has 5 nitrogen and oxygen atoms in total. The van der Waals surface area contributed by atoms with E-state index in [0.717, 1.165) is 18.4 Å². The van der Waals surface area contributed by atoms with E-state index in [0.29, 0.717) is 17.4 Å². The van der Waals surface area contributed by atoms with Crippen LogP contribution in [0.4, 0.5) is 11.6 Å². The molecule has 0 aliphatic heterocycles. The SMILES string of the molecule is COc1c(N)ncnc1NCC1CCC(C)CC1. The Morgan fingerprint density at radius 1 is 1.33 bits per heavy atom. The highest BCUT2D eigenvalue weighted by Crippen LogP contribution is 2.30. The zero-order valence-electron chi connectivity index (χ0n) is 11.1. The van der Waals surface area contributed by atoms with E-state index in [2.05, 4.69) is 22.2 Å². The Labute approximate surface area is 108 Å². The van der Waals surface area contributed by atoms with Crippen molar-refractivity contribution in [3.8, 4) is 5.75 Å². The van der Waals surface area contributed by atoms with Crippen molar-refractivity contribution in [3.05, 3.63) is 6.33 Å². The first-order valence-corrected chi connectivity index (χ1v) is 6.59. The van der Waals surface area contributed by atoms with E-state index in [1.807, 2.05) is 0 Å². The average Bonchev–Trinajstić information content (AvgIpc) is 2.38. The van der Waals surface area contributed by atoms with Crippen molar-refractivity contribution >= 4 is 11.6 Å². The van der Waals surface area contributed by atoms with Crippen LogP contribution < -0.4 is 15.8 Å². The maximum Gasteiger partial charge on any atom is 0.203 e. The van der Waals surface area contributed by atoms with Crippen LogP contribution in [0.2, 0.25) is 0 Å². The molecule has 0 atom stereocenters. The van der Waals surface area contributed by atoms with E-state index < -0.39 is 0 Å². The highest BCUT2D eigenvalue weighted by Gasteiger charge is 2.19. The van der Waals surface area contributed by atoms with E-state index in [1.54, 1.807) is 7.11 Å². The Morgan fingerprint density at radius 3 is 2.72 bits per heavy atom. The van der Waals surface area contributed by atoms with Gasteiger partial charge in [0.2, 0.25) is 5.75 Å². The summed E-state index contributed by atoms with van der Waals surface area (Å²) in [4.78, 5) is 8.10. The van der Waals surface area contributed by atoms with Gasteiger partial charge in [0.05, 0.1) is 7.11 Å². The third-order valence-corrected chi connectivity index (χ3v) is 3.73. The number of aromatic nitrogens is 2. The number of nitrogen functional groups attached to an aromatic ring is 1. The molecule has 3 N–H and O–H groups in total. The van der Waals surface area contributed by atoms with Crippen LogP contribution in [0.1, 0.15) is 32.6 Å². The molecule has 0 amide bonds. The second-order valence-corrected chi connectivity index (χ2v) is 5.15. The molecule has 1 aliphatic carbocycles. The Bertz CT molecular complexity index is 389. The van der Waals surface area contributed by atoms with Gasteiger partial charge < -0.3 is 15.8 Å². The number of rotatable bonds is 4. The van der Waals surface area contributed by atoms with Crippen molar-refractivity contribution in [2.75, 3.05) is 24.7 Å². The van der Waals surface area contributed by atoms with Gasteiger partial charge in [-0.2, -0.15) is 0 Å². The maximum atomic E-state index is 5.74. The molecule has 1 heterocycles. The molecule has 1 fully saturated rings. The minimum atomic E-state index is 0.382. The molecule has 2 rings (SSSR count). The molecule has 0 saturated heterocycles. The van der Waals surface area contributed by atoms with Crippen LogP contribution >= 0.6 is 0 Å². The third-order valence-electron chi connectivity index (χ3n) is 3.73. The van der Waals surface area contributed by atoms with Gasteiger partial charge in [0.15, 0.2) is 11.6 Å². The first kappa shape index (κ1) is 12.9. The van der Waals surface area contributed by atoms with Gasteiger partial charge in [0, 0.05) is 6.54 Å². The van der Waals surface area contributed by atoms with Crippen LogP contribution in [0.25, 0.3) is 0 Å². The topological polar surface area (TPSA) is 73.1 Å². The molecule has 0 unspecified atom stereocenters. The van der Waals surface area contributed by atoms with Crippen molar-refractivity contribution in [3.63, 3.8) is 0 Å². The summed E-state index contributed by atoms with van der Waals surface area (Å²) in [5, 5.41) is 3.33. The van der Waals surface area contributed by atoms with Crippen LogP contribution in [-0.4, -0.2) is 23.6 Å².